The molecule has 2 N–H and O–H groups in total. The summed E-state index contributed by atoms with van der Waals surface area (Å²) in [5, 5.41) is 0. The molecule has 90 valence electrons. The Balaban J connectivity index is 2.20. The van der Waals surface area contributed by atoms with Crippen molar-refractivity contribution in [3.63, 3.8) is 0 Å². The van der Waals surface area contributed by atoms with Gasteiger partial charge in [0.2, 0.25) is 0 Å². The lowest BCUT2D eigenvalue weighted by atomic mass is 9.95. The molecule has 0 bridgehead atoms. The van der Waals surface area contributed by atoms with Crippen LogP contribution < -0.4 is 5.73 Å². The van der Waals surface area contributed by atoms with Gasteiger partial charge in [0.25, 0.3) is 0 Å². The minimum atomic E-state index is 0.381. The molecule has 2 nitrogen and oxygen atoms in total. The van der Waals surface area contributed by atoms with Crippen LogP contribution in [-0.4, -0.2) is 30.6 Å². The van der Waals surface area contributed by atoms with Crippen molar-refractivity contribution in [1.29, 1.82) is 0 Å². The van der Waals surface area contributed by atoms with Crippen LogP contribution in [0.3, 0.4) is 0 Å². The molecular formula is C13H28N2. The van der Waals surface area contributed by atoms with Crippen molar-refractivity contribution in [2.24, 2.45) is 17.6 Å². The third-order valence-corrected chi connectivity index (χ3v) is 3.82. The fourth-order valence-electron chi connectivity index (χ4n) is 2.35. The largest absolute Gasteiger partial charge is 0.327 e. The monoisotopic (exact) mass is 212 g/mol. The average molecular weight is 212 g/mol. The summed E-state index contributed by atoms with van der Waals surface area (Å²) in [7, 11) is 0. The first-order valence-corrected chi connectivity index (χ1v) is 6.61. The fourth-order valence-corrected chi connectivity index (χ4v) is 2.35. The molecule has 0 aromatic heterocycles. The van der Waals surface area contributed by atoms with E-state index in [1.54, 1.807) is 0 Å². The smallest absolute Gasteiger partial charge is 0.00740 e. The zero-order chi connectivity index (χ0) is 11.3. The molecule has 2 atom stereocenters. The van der Waals surface area contributed by atoms with E-state index in [1.165, 1.54) is 38.9 Å². The van der Waals surface area contributed by atoms with Gasteiger partial charge in [-0.3, -0.25) is 0 Å². The van der Waals surface area contributed by atoms with Gasteiger partial charge < -0.3 is 10.6 Å². The molecule has 1 heterocycles. The Bertz CT molecular complexity index is 168. The number of hydrogen-bond acceptors (Lipinski definition) is 2. The number of nitrogens with zero attached hydrogens (tertiary/aromatic N) is 1. The van der Waals surface area contributed by atoms with Gasteiger partial charge in [0.05, 0.1) is 0 Å². The molecule has 0 amide bonds. The maximum Gasteiger partial charge on any atom is 0.00740 e. The van der Waals surface area contributed by atoms with Gasteiger partial charge in [0.1, 0.15) is 0 Å². The Morgan fingerprint density at radius 1 is 1.40 bits per heavy atom. The van der Waals surface area contributed by atoms with Gasteiger partial charge in [-0.05, 0) is 44.2 Å². The predicted octanol–water partition coefficient (Wildman–Crippen LogP) is 2.48. The van der Waals surface area contributed by atoms with E-state index < -0.39 is 0 Å². The summed E-state index contributed by atoms with van der Waals surface area (Å²) in [6, 6.07) is 0.381. The lowest BCUT2D eigenvalue weighted by molar-refractivity contribution is 0.164. The zero-order valence-corrected chi connectivity index (χ0v) is 10.7. The lowest BCUT2D eigenvalue weighted by Crippen LogP contribution is -2.39. The topological polar surface area (TPSA) is 29.3 Å². The van der Waals surface area contributed by atoms with Gasteiger partial charge in [0.15, 0.2) is 0 Å². The molecule has 2 unspecified atom stereocenters. The summed E-state index contributed by atoms with van der Waals surface area (Å²) in [4.78, 5) is 2.61. The van der Waals surface area contributed by atoms with Gasteiger partial charge in [-0.2, -0.15) is 0 Å². The van der Waals surface area contributed by atoms with Crippen molar-refractivity contribution in [3.8, 4) is 0 Å². The average Bonchev–Trinajstić information content (AvgIpc) is 2.26. The molecule has 0 aromatic rings. The predicted molar refractivity (Wildman–Crippen MR) is 66.9 cm³/mol. The molecular weight excluding hydrogens is 184 g/mol. The van der Waals surface area contributed by atoms with E-state index in [-0.39, 0.29) is 0 Å². The molecule has 1 fully saturated rings. The number of piperidine rings is 1. The number of nitrogens with two attached hydrogens (primary N) is 1. The van der Waals surface area contributed by atoms with E-state index in [0.29, 0.717) is 12.0 Å². The van der Waals surface area contributed by atoms with Gasteiger partial charge >= 0.3 is 0 Å². The van der Waals surface area contributed by atoms with Crippen LogP contribution in [0.2, 0.25) is 0 Å². The van der Waals surface area contributed by atoms with E-state index in [2.05, 4.69) is 25.7 Å². The number of likely N-dealkylation sites (tertiary alicyclic amines) is 1. The van der Waals surface area contributed by atoms with Gasteiger partial charge in [-0.25, -0.2) is 0 Å². The van der Waals surface area contributed by atoms with Gasteiger partial charge in [-0.15, -0.1) is 0 Å². The minimum Gasteiger partial charge on any atom is -0.327 e. The van der Waals surface area contributed by atoms with E-state index in [1.807, 2.05) is 0 Å². The Labute approximate surface area is 95.2 Å². The Morgan fingerprint density at radius 3 is 2.73 bits per heavy atom. The molecule has 15 heavy (non-hydrogen) atoms. The Hall–Kier alpha value is -0.0800. The first-order valence-electron chi connectivity index (χ1n) is 6.61. The quantitative estimate of drug-likeness (QED) is 0.758. The third kappa shape index (κ3) is 4.52. The zero-order valence-electron chi connectivity index (χ0n) is 10.7. The second-order valence-corrected chi connectivity index (χ2v) is 5.41. The van der Waals surface area contributed by atoms with Crippen molar-refractivity contribution in [3.05, 3.63) is 0 Å². The van der Waals surface area contributed by atoms with Crippen LogP contribution >= 0.6 is 0 Å². The van der Waals surface area contributed by atoms with Crippen LogP contribution in [0.25, 0.3) is 0 Å². The molecule has 0 saturated carbocycles. The van der Waals surface area contributed by atoms with E-state index >= 15 is 0 Å². The summed E-state index contributed by atoms with van der Waals surface area (Å²) in [5.74, 6) is 1.56. The van der Waals surface area contributed by atoms with Crippen LogP contribution in [0, 0.1) is 11.8 Å². The second-order valence-electron chi connectivity index (χ2n) is 5.41. The number of rotatable bonds is 5. The molecule has 0 aromatic carbocycles. The van der Waals surface area contributed by atoms with Crippen LogP contribution in [0.4, 0.5) is 0 Å². The highest BCUT2D eigenvalue weighted by Crippen LogP contribution is 2.19. The second kappa shape index (κ2) is 6.49. The van der Waals surface area contributed by atoms with Crippen LogP contribution in [0.5, 0.6) is 0 Å². The molecule has 2 heteroatoms. The van der Waals surface area contributed by atoms with Gasteiger partial charge in [-0.1, -0.05) is 27.2 Å². The van der Waals surface area contributed by atoms with E-state index in [0.717, 1.165) is 12.3 Å². The molecule has 0 radical (unpaired) electrons. The third-order valence-electron chi connectivity index (χ3n) is 3.82. The van der Waals surface area contributed by atoms with Crippen LogP contribution in [0.15, 0.2) is 0 Å². The Kier molecular flexibility index (Phi) is 5.62. The normalized spacial score (nSPS) is 25.8. The van der Waals surface area contributed by atoms with Crippen LogP contribution in [-0.2, 0) is 0 Å². The Morgan fingerprint density at radius 2 is 2.13 bits per heavy atom. The summed E-state index contributed by atoms with van der Waals surface area (Å²) in [5.41, 5.74) is 6.07. The van der Waals surface area contributed by atoms with Gasteiger partial charge in [0, 0.05) is 12.6 Å². The van der Waals surface area contributed by atoms with Crippen LogP contribution in [0.1, 0.15) is 46.5 Å². The highest BCUT2D eigenvalue weighted by Gasteiger charge is 2.19. The molecule has 1 aliphatic rings. The van der Waals surface area contributed by atoms with Crippen molar-refractivity contribution in [2.75, 3.05) is 19.6 Å². The highest BCUT2D eigenvalue weighted by atomic mass is 15.1. The first kappa shape index (κ1) is 13.0. The summed E-state index contributed by atoms with van der Waals surface area (Å²) in [6.07, 6.45) is 5.32. The molecule has 0 aliphatic carbocycles. The molecule has 0 spiro atoms. The lowest BCUT2D eigenvalue weighted by Gasteiger charge is -2.33. The summed E-state index contributed by atoms with van der Waals surface area (Å²) in [6.45, 7) is 10.6. The SMILES string of the molecule is CCC1CCCN(CCC(N)C(C)C)C1. The van der Waals surface area contributed by atoms with Crippen molar-refractivity contribution in [2.45, 2.75) is 52.5 Å². The summed E-state index contributed by atoms with van der Waals surface area (Å²) < 4.78 is 0. The van der Waals surface area contributed by atoms with E-state index in [9.17, 15) is 0 Å². The molecule has 1 aliphatic heterocycles. The maximum atomic E-state index is 6.07. The molecule has 1 saturated heterocycles. The number of hydrogen-bond donors (Lipinski definition) is 1. The highest BCUT2D eigenvalue weighted by molar-refractivity contribution is 4.74. The van der Waals surface area contributed by atoms with Crippen molar-refractivity contribution >= 4 is 0 Å². The fraction of sp³-hybridized carbons (Fsp3) is 1.00. The first-order chi connectivity index (χ1) is 7.13. The summed E-state index contributed by atoms with van der Waals surface area (Å²) >= 11 is 0. The minimum absolute atomic E-state index is 0.381. The maximum absolute atomic E-state index is 6.07. The van der Waals surface area contributed by atoms with Crippen molar-refractivity contribution < 1.29 is 0 Å². The van der Waals surface area contributed by atoms with E-state index in [4.69, 9.17) is 5.73 Å². The standard InChI is InChI=1S/C13H28N2/c1-4-12-6-5-8-15(10-12)9-7-13(14)11(2)3/h11-13H,4-10,14H2,1-3H3. The molecule has 1 rings (SSSR count). The van der Waals surface area contributed by atoms with Crippen molar-refractivity contribution in [1.82, 2.24) is 4.90 Å².